The van der Waals surface area contributed by atoms with Gasteiger partial charge in [0.2, 0.25) is 0 Å². The highest BCUT2D eigenvalue weighted by Crippen LogP contribution is 2.38. The lowest BCUT2D eigenvalue weighted by molar-refractivity contribution is 0.192. The Kier molecular flexibility index (Phi) is 4.77. The van der Waals surface area contributed by atoms with Crippen LogP contribution < -0.4 is 10.6 Å². The minimum Gasteiger partial charge on any atom is -0.387 e. The van der Waals surface area contributed by atoms with E-state index in [1.54, 1.807) is 11.0 Å². The number of benzene rings is 2. The topological polar surface area (TPSA) is 60.2 Å². The molecule has 1 atom stereocenters. The zero-order chi connectivity index (χ0) is 21.5. The number of urea groups is 1. The fourth-order valence-corrected chi connectivity index (χ4v) is 4.79. The van der Waals surface area contributed by atoms with Crippen LogP contribution in [0.15, 0.2) is 48.7 Å². The number of H-pyrrole nitrogens is 1. The first-order chi connectivity index (χ1) is 15.0. The van der Waals surface area contributed by atoms with E-state index >= 15 is 0 Å². The first kappa shape index (κ1) is 19.4. The molecule has 6 heteroatoms. The van der Waals surface area contributed by atoms with Crippen molar-refractivity contribution in [1.29, 1.82) is 0 Å². The third-order valence-electron chi connectivity index (χ3n) is 6.02. The summed E-state index contributed by atoms with van der Waals surface area (Å²) in [6, 6.07) is 11.9. The number of fused-ring (bicyclic) bond motifs is 3. The van der Waals surface area contributed by atoms with Crippen molar-refractivity contribution < 1.29 is 9.18 Å². The molecule has 0 bridgehead atoms. The molecule has 0 saturated heterocycles. The molecule has 0 saturated carbocycles. The van der Waals surface area contributed by atoms with E-state index in [1.807, 2.05) is 44.3 Å². The lowest BCUT2D eigenvalue weighted by Crippen LogP contribution is -2.43. The molecule has 5 rings (SSSR count). The van der Waals surface area contributed by atoms with Crippen molar-refractivity contribution in [2.75, 3.05) is 11.9 Å². The predicted molar refractivity (Wildman–Crippen MR) is 120 cm³/mol. The van der Waals surface area contributed by atoms with Crippen LogP contribution in [0.4, 0.5) is 14.9 Å². The number of nitrogens with zero attached hydrogens (tertiary/aromatic N) is 1. The Hall–Kier alpha value is -3.54. The van der Waals surface area contributed by atoms with E-state index in [1.165, 1.54) is 23.3 Å². The zero-order valence-electron chi connectivity index (χ0n) is 17.6. The Morgan fingerprint density at radius 3 is 2.71 bits per heavy atom. The Balaban J connectivity index is 1.55. The van der Waals surface area contributed by atoms with Crippen molar-refractivity contribution in [2.24, 2.45) is 0 Å². The van der Waals surface area contributed by atoms with Crippen LogP contribution in [0.2, 0.25) is 0 Å². The van der Waals surface area contributed by atoms with Crippen LogP contribution in [0.3, 0.4) is 0 Å². The fourth-order valence-electron chi connectivity index (χ4n) is 4.79. The van der Waals surface area contributed by atoms with Gasteiger partial charge in [-0.2, -0.15) is 0 Å². The number of hydrogen-bond donors (Lipinski definition) is 3. The van der Waals surface area contributed by atoms with E-state index in [0.29, 0.717) is 6.54 Å². The van der Waals surface area contributed by atoms with Gasteiger partial charge in [0.25, 0.3) is 0 Å². The standard InChI is InChI=1S/C25H25FN4O/c1-15-10-16(2)12-19(11-15)28-25(31)30-9-7-20-21-14-27-8-6-22(21)29-23(20)24(30)17-4-3-5-18(26)13-17/h3-6,8,10-13,24,27,29H,7,9,14H2,1-2H3,(H,28,31). The van der Waals surface area contributed by atoms with E-state index in [-0.39, 0.29) is 17.9 Å². The molecule has 3 N–H and O–H groups in total. The van der Waals surface area contributed by atoms with Gasteiger partial charge < -0.3 is 20.5 Å². The van der Waals surface area contributed by atoms with Crippen LogP contribution in [0.5, 0.6) is 0 Å². The minimum atomic E-state index is -0.385. The smallest absolute Gasteiger partial charge is 0.322 e. The molecule has 0 radical (unpaired) electrons. The second-order valence-corrected chi connectivity index (χ2v) is 8.33. The third kappa shape index (κ3) is 3.58. The third-order valence-corrected chi connectivity index (χ3v) is 6.02. The molecule has 2 aliphatic rings. The Bertz CT molecular complexity index is 1180. The number of anilines is 1. The predicted octanol–water partition coefficient (Wildman–Crippen LogP) is 5.02. The second kappa shape index (κ2) is 7.61. The summed E-state index contributed by atoms with van der Waals surface area (Å²) in [6.45, 7) is 5.33. The number of halogens is 1. The molecule has 2 aliphatic heterocycles. The average Bonchev–Trinajstić information content (AvgIpc) is 3.11. The van der Waals surface area contributed by atoms with Gasteiger partial charge in [-0.15, -0.1) is 0 Å². The van der Waals surface area contributed by atoms with E-state index in [9.17, 15) is 9.18 Å². The van der Waals surface area contributed by atoms with E-state index in [0.717, 1.165) is 46.7 Å². The summed E-state index contributed by atoms with van der Waals surface area (Å²) in [4.78, 5) is 18.7. The summed E-state index contributed by atoms with van der Waals surface area (Å²) < 4.78 is 14.1. The van der Waals surface area contributed by atoms with Crippen LogP contribution in [-0.4, -0.2) is 22.5 Å². The van der Waals surface area contributed by atoms with Gasteiger partial charge in [-0.1, -0.05) is 18.2 Å². The summed E-state index contributed by atoms with van der Waals surface area (Å²) in [5, 5.41) is 6.32. The second-order valence-electron chi connectivity index (χ2n) is 8.33. The Labute approximate surface area is 181 Å². The molecular formula is C25H25FN4O. The van der Waals surface area contributed by atoms with Crippen molar-refractivity contribution in [1.82, 2.24) is 15.2 Å². The largest absolute Gasteiger partial charge is 0.387 e. The molecule has 0 fully saturated rings. The van der Waals surface area contributed by atoms with Gasteiger partial charge in [0.05, 0.1) is 6.04 Å². The summed E-state index contributed by atoms with van der Waals surface area (Å²) in [5.41, 5.74) is 8.18. The number of carbonyl (C=O) groups is 1. The van der Waals surface area contributed by atoms with Gasteiger partial charge in [0, 0.05) is 30.2 Å². The molecule has 2 aromatic carbocycles. The molecule has 1 aromatic heterocycles. The van der Waals surface area contributed by atoms with E-state index in [4.69, 9.17) is 0 Å². The minimum absolute atomic E-state index is 0.189. The molecule has 2 amide bonds. The zero-order valence-corrected chi connectivity index (χ0v) is 17.6. The van der Waals surface area contributed by atoms with Gasteiger partial charge in [0.1, 0.15) is 5.82 Å². The van der Waals surface area contributed by atoms with Gasteiger partial charge in [-0.05, 0) is 84.6 Å². The van der Waals surface area contributed by atoms with E-state index < -0.39 is 0 Å². The number of nitrogens with one attached hydrogen (secondary N) is 3. The SMILES string of the molecule is Cc1cc(C)cc(NC(=O)N2CCc3c([nH]c4c3CNC=C4)C2c2cccc(F)c2)c1. The quantitative estimate of drug-likeness (QED) is 0.549. The number of aryl methyl sites for hydroxylation is 2. The highest BCUT2D eigenvalue weighted by Gasteiger charge is 2.36. The molecule has 158 valence electrons. The number of rotatable bonds is 2. The fraction of sp³-hybridized carbons (Fsp3) is 0.240. The summed E-state index contributed by atoms with van der Waals surface area (Å²) in [7, 11) is 0. The van der Waals surface area contributed by atoms with Crippen LogP contribution in [-0.2, 0) is 13.0 Å². The molecule has 5 nitrogen and oxygen atoms in total. The van der Waals surface area contributed by atoms with Gasteiger partial charge in [-0.3, -0.25) is 0 Å². The van der Waals surface area contributed by atoms with Gasteiger partial charge in [-0.25, -0.2) is 9.18 Å². The molecule has 3 heterocycles. The van der Waals surface area contributed by atoms with Gasteiger partial charge in [0.15, 0.2) is 0 Å². The van der Waals surface area contributed by atoms with Gasteiger partial charge >= 0.3 is 6.03 Å². The maximum absolute atomic E-state index is 14.1. The Morgan fingerprint density at radius 2 is 1.94 bits per heavy atom. The summed E-state index contributed by atoms with van der Waals surface area (Å²) in [6.07, 6.45) is 4.69. The molecule has 3 aromatic rings. The maximum Gasteiger partial charge on any atom is 0.322 e. The number of amides is 2. The Morgan fingerprint density at radius 1 is 1.13 bits per heavy atom. The lowest BCUT2D eigenvalue weighted by atomic mass is 9.91. The summed E-state index contributed by atoms with van der Waals surface area (Å²) >= 11 is 0. The summed E-state index contributed by atoms with van der Waals surface area (Å²) in [5.74, 6) is -0.308. The van der Waals surface area contributed by atoms with Crippen molar-refractivity contribution in [3.63, 3.8) is 0 Å². The lowest BCUT2D eigenvalue weighted by Gasteiger charge is -2.36. The van der Waals surface area contributed by atoms with Crippen LogP contribution in [0.25, 0.3) is 6.08 Å². The van der Waals surface area contributed by atoms with Crippen molar-refractivity contribution in [2.45, 2.75) is 32.9 Å². The first-order valence-electron chi connectivity index (χ1n) is 10.5. The molecule has 0 spiro atoms. The molecule has 0 aliphatic carbocycles. The van der Waals surface area contributed by atoms with E-state index in [2.05, 4.69) is 21.7 Å². The number of aromatic nitrogens is 1. The highest BCUT2D eigenvalue weighted by atomic mass is 19.1. The number of carbonyl (C=O) groups excluding carboxylic acids is 1. The first-order valence-corrected chi connectivity index (χ1v) is 10.5. The molecule has 31 heavy (non-hydrogen) atoms. The van der Waals surface area contributed by atoms with Crippen LogP contribution >= 0.6 is 0 Å². The highest BCUT2D eigenvalue weighted by molar-refractivity contribution is 5.90. The monoisotopic (exact) mass is 416 g/mol. The van der Waals surface area contributed by atoms with Crippen molar-refractivity contribution >= 4 is 17.8 Å². The van der Waals surface area contributed by atoms with Crippen LogP contribution in [0, 0.1) is 19.7 Å². The van der Waals surface area contributed by atoms with Crippen molar-refractivity contribution in [3.05, 3.63) is 93.7 Å². The maximum atomic E-state index is 14.1. The normalized spacial score (nSPS) is 17.0. The van der Waals surface area contributed by atoms with Crippen LogP contribution in [0.1, 0.15) is 45.2 Å². The number of hydrogen-bond acceptors (Lipinski definition) is 2. The number of aromatic amines is 1. The van der Waals surface area contributed by atoms with Crippen molar-refractivity contribution in [3.8, 4) is 0 Å². The average molecular weight is 416 g/mol. The molecule has 1 unspecified atom stereocenters. The molecular weight excluding hydrogens is 391 g/mol.